The molecule has 0 radical (unpaired) electrons. The van der Waals surface area contributed by atoms with Gasteiger partial charge >= 0.3 is 0 Å². The first kappa shape index (κ1) is 27.8. The average Bonchev–Trinajstić information content (AvgIpc) is 2.92. The SMILES string of the molecule is CN1CCc2nc(-c3cccc(OCC(=O)NCC(C)(C)C)c3)nc(Nc3ccc(/C(C=N)=C/N)cc3)c2C1. The predicted octanol–water partition coefficient (Wildman–Crippen LogP) is 4.37. The Balaban J connectivity index is 1.57. The molecule has 0 atom stereocenters. The standard InChI is InChI=1S/C30H37N7O2/c1-30(2,3)19-33-27(38)18-39-24-7-5-6-21(14-24)28-35-26-12-13-37(4)17-25(26)29(36-28)34-23-10-8-20(9-11-23)22(15-31)16-32/h5-11,14-16,31H,12-13,17-19,32H2,1-4H3,(H,33,38)(H,34,35,36)/b22-16+,31-15?. The molecule has 1 aromatic heterocycles. The molecule has 0 unspecified atom stereocenters. The molecule has 0 spiro atoms. The van der Waals surface area contributed by atoms with Crippen LogP contribution in [0.5, 0.6) is 5.75 Å². The van der Waals surface area contributed by atoms with E-state index >= 15 is 0 Å². The van der Waals surface area contributed by atoms with E-state index in [2.05, 4.69) is 43.4 Å². The molecule has 0 saturated heterocycles. The van der Waals surface area contributed by atoms with Crippen LogP contribution in [0.3, 0.4) is 0 Å². The van der Waals surface area contributed by atoms with E-state index in [0.29, 0.717) is 23.7 Å². The van der Waals surface area contributed by atoms with Crippen LogP contribution in [0.1, 0.15) is 37.6 Å². The largest absolute Gasteiger partial charge is 0.484 e. The van der Waals surface area contributed by atoms with Crippen LogP contribution in [0.4, 0.5) is 11.5 Å². The van der Waals surface area contributed by atoms with Crippen molar-refractivity contribution in [2.75, 3.05) is 32.1 Å². The summed E-state index contributed by atoms with van der Waals surface area (Å²) in [5.74, 6) is 1.78. The molecular formula is C30H37N7O2. The number of ether oxygens (including phenoxy) is 1. The van der Waals surface area contributed by atoms with Crippen LogP contribution >= 0.6 is 0 Å². The maximum atomic E-state index is 12.2. The average molecular weight is 528 g/mol. The summed E-state index contributed by atoms with van der Waals surface area (Å²) >= 11 is 0. The van der Waals surface area contributed by atoms with Gasteiger partial charge in [0.2, 0.25) is 0 Å². The Morgan fingerprint density at radius 2 is 1.95 bits per heavy atom. The van der Waals surface area contributed by atoms with E-state index in [1.807, 2.05) is 48.5 Å². The van der Waals surface area contributed by atoms with Gasteiger partial charge < -0.3 is 31.4 Å². The number of allylic oxidation sites excluding steroid dienone is 1. The highest BCUT2D eigenvalue weighted by atomic mass is 16.5. The molecule has 0 aliphatic carbocycles. The van der Waals surface area contributed by atoms with Crippen LogP contribution in [0.2, 0.25) is 0 Å². The summed E-state index contributed by atoms with van der Waals surface area (Å²) in [4.78, 5) is 24.3. The fraction of sp³-hybridized carbons (Fsp3) is 0.333. The number of nitrogens with two attached hydrogens (primary N) is 1. The summed E-state index contributed by atoms with van der Waals surface area (Å²) in [6.07, 6.45) is 3.49. The van der Waals surface area contributed by atoms with Crippen LogP contribution < -0.4 is 21.1 Å². The Morgan fingerprint density at radius 1 is 1.18 bits per heavy atom. The highest BCUT2D eigenvalue weighted by molar-refractivity contribution is 6.08. The third-order valence-electron chi connectivity index (χ3n) is 6.35. The number of carbonyl (C=O) groups is 1. The normalized spacial score (nSPS) is 13.9. The summed E-state index contributed by atoms with van der Waals surface area (Å²) < 4.78 is 5.78. The van der Waals surface area contributed by atoms with Gasteiger partial charge in [-0.05, 0) is 42.3 Å². The van der Waals surface area contributed by atoms with Crippen molar-refractivity contribution in [2.45, 2.75) is 33.7 Å². The summed E-state index contributed by atoms with van der Waals surface area (Å²) in [5.41, 5.74) is 10.9. The maximum absolute atomic E-state index is 12.2. The second-order valence-corrected chi connectivity index (χ2v) is 10.9. The highest BCUT2D eigenvalue weighted by Gasteiger charge is 2.22. The molecule has 2 heterocycles. The number of benzene rings is 2. The van der Waals surface area contributed by atoms with E-state index < -0.39 is 0 Å². The Labute approximate surface area is 230 Å². The topological polar surface area (TPSA) is 129 Å². The third-order valence-corrected chi connectivity index (χ3v) is 6.35. The first-order valence-corrected chi connectivity index (χ1v) is 13.0. The minimum Gasteiger partial charge on any atom is -0.484 e. The molecule has 204 valence electrons. The number of fused-ring (bicyclic) bond motifs is 1. The first-order valence-electron chi connectivity index (χ1n) is 13.0. The van der Waals surface area contributed by atoms with Gasteiger partial charge in [-0.2, -0.15) is 0 Å². The second kappa shape index (κ2) is 12.1. The molecule has 0 bridgehead atoms. The summed E-state index contributed by atoms with van der Waals surface area (Å²) in [7, 11) is 2.09. The molecule has 1 aliphatic rings. The lowest BCUT2D eigenvalue weighted by Crippen LogP contribution is -2.35. The molecule has 9 heteroatoms. The van der Waals surface area contributed by atoms with Crippen LogP contribution in [0, 0.1) is 10.8 Å². The van der Waals surface area contributed by atoms with Crippen molar-refractivity contribution < 1.29 is 9.53 Å². The zero-order valence-electron chi connectivity index (χ0n) is 23.0. The van der Waals surface area contributed by atoms with E-state index in [9.17, 15) is 4.79 Å². The number of nitrogens with one attached hydrogen (secondary N) is 3. The first-order chi connectivity index (χ1) is 18.6. The smallest absolute Gasteiger partial charge is 0.257 e. The third kappa shape index (κ3) is 7.42. The number of rotatable bonds is 9. The lowest BCUT2D eigenvalue weighted by molar-refractivity contribution is -0.123. The molecule has 39 heavy (non-hydrogen) atoms. The van der Waals surface area contributed by atoms with E-state index in [1.54, 1.807) is 0 Å². The molecule has 3 aromatic rings. The van der Waals surface area contributed by atoms with E-state index in [0.717, 1.165) is 53.4 Å². The van der Waals surface area contributed by atoms with E-state index in [-0.39, 0.29) is 17.9 Å². The monoisotopic (exact) mass is 527 g/mol. The summed E-state index contributed by atoms with van der Waals surface area (Å²) in [6, 6.07) is 15.3. The highest BCUT2D eigenvalue weighted by Crippen LogP contribution is 2.30. The van der Waals surface area contributed by atoms with Gasteiger partial charge in [0.05, 0.1) is 5.69 Å². The molecule has 4 rings (SSSR count). The van der Waals surface area contributed by atoms with Crippen molar-refractivity contribution in [2.24, 2.45) is 11.1 Å². The fourth-order valence-electron chi connectivity index (χ4n) is 4.18. The Kier molecular flexibility index (Phi) is 8.61. The van der Waals surface area contributed by atoms with Crippen LogP contribution in [0.15, 0.2) is 54.7 Å². The van der Waals surface area contributed by atoms with Gasteiger partial charge in [-0.1, -0.05) is 45.0 Å². The van der Waals surface area contributed by atoms with Crippen LogP contribution in [0.25, 0.3) is 17.0 Å². The fourth-order valence-corrected chi connectivity index (χ4v) is 4.18. The van der Waals surface area contributed by atoms with Crippen molar-refractivity contribution in [1.82, 2.24) is 20.2 Å². The second-order valence-electron chi connectivity index (χ2n) is 10.9. The zero-order chi connectivity index (χ0) is 28.0. The molecule has 9 nitrogen and oxygen atoms in total. The molecule has 0 saturated carbocycles. The lowest BCUT2D eigenvalue weighted by atomic mass is 9.97. The molecule has 2 aromatic carbocycles. The van der Waals surface area contributed by atoms with Gasteiger partial charge in [-0.15, -0.1) is 0 Å². The molecular weight excluding hydrogens is 490 g/mol. The molecule has 5 N–H and O–H groups in total. The van der Waals surface area contributed by atoms with E-state index in [1.165, 1.54) is 12.4 Å². The van der Waals surface area contributed by atoms with Gasteiger partial charge in [0.15, 0.2) is 12.4 Å². The lowest BCUT2D eigenvalue weighted by Gasteiger charge is -2.26. The van der Waals surface area contributed by atoms with Crippen LogP contribution in [-0.4, -0.2) is 53.7 Å². The number of nitrogens with zero attached hydrogens (tertiary/aromatic N) is 3. The van der Waals surface area contributed by atoms with Gasteiger partial charge in [0.1, 0.15) is 11.6 Å². The predicted molar refractivity (Wildman–Crippen MR) is 156 cm³/mol. The van der Waals surface area contributed by atoms with Gasteiger partial charge in [-0.25, -0.2) is 9.97 Å². The van der Waals surface area contributed by atoms with Crippen molar-refractivity contribution in [3.8, 4) is 17.1 Å². The number of carbonyl (C=O) groups excluding carboxylic acids is 1. The number of amides is 1. The maximum Gasteiger partial charge on any atom is 0.257 e. The Morgan fingerprint density at radius 3 is 2.64 bits per heavy atom. The van der Waals surface area contributed by atoms with Crippen molar-refractivity contribution in [3.05, 3.63) is 71.6 Å². The minimum atomic E-state index is -0.156. The Bertz CT molecular complexity index is 1360. The van der Waals surface area contributed by atoms with Gasteiger partial charge in [0.25, 0.3) is 5.91 Å². The number of hydrogen-bond acceptors (Lipinski definition) is 8. The number of aromatic nitrogens is 2. The molecule has 1 aliphatic heterocycles. The molecule has 0 fully saturated rings. The van der Waals surface area contributed by atoms with Crippen LogP contribution in [-0.2, 0) is 17.8 Å². The zero-order valence-corrected chi connectivity index (χ0v) is 23.0. The number of likely N-dealkylation sites (N-methyl/N-ethyl adjacent to an activating group) is 1. The summed E-state index contributed by atoms with van der Waals surface area (Å²) in [6.45, 7) is 8.40. The van der Waals surface area contributed by atoms with Crippen molar-refractivity contribution in [1.29, 1.82) is 5.41 Å². The minimum absolute atomic E-state index is 0.00691. The number of hydrogen-bond donors (Lipinski definition) is 4. The van der Waals surface area contributed by atoms with E-state index in [4.69, 9.17) is 25.8 Å². The number of anilines is 2. The molecule has 1 amide bonds. The van der Waals surface area contributed by atoms with Gasteiger partial charge in [-0.3, -0.25) is 4.79 Å². The van der Waals surface area contributed by atoms with Crippen molar-refractivity contribution >= 4 is 29.2 Å². The Hall–Kier alpha value is -4.24. The summed E-state index contributed by atoms with van der Waals surface area (Å²) in [5, 5.41) is 13.9. The van der Waals surface area contributed by atoms with Gasteiger partial charge in [0, 0.05) is 60.9 Å². The quantitative estimate of drug-likeness (QED) is 0.304. The van der Waals surface area contributed by atoms with Crippen molar-refractivity contribution in [3.63, 3.8) is 0 Å².